The summed E-state index contributed by atoms with van der Waals surface area (Å²) in [5.41, 5.74) is 0.435. The second kappa shape index (κ2) is 5.82. The summed E-state index contributed by atoms with van der Waals surface area (Å²) < 4.78 is 27.5. The van der Waals surface area contributed by atoms with E-state index in [9.17, 15) is 8.42 Å². The summed E-state index contributed by atoms with van der Waals surface area (Å²) in [5, 5.41) is 0.651. The van der Waals surface area contributed by atoms with E-state index in [4.69, 9.17) is 23.2 Å². The van der Waals surface area contributed by atoms with E-state index in [0.717, 1.165) is 0 Å². The lowest BCUT2D eigenvalue weighted by Gasteiger charge is -2.10. The van der Waals surface area contributed by atoms with Crippen molar-refractivity contribution >= 4 is 61.5 Å². The molecule has 0 aliphatic rings. The lowest BCUT2D eigenvalue weighted by molar-refractivity contribution is 0.601. The van der Waals surface area contributed by atoms with Crippen LogP contribution >= 0.6 is 45.8 Å². The van der Waals surface area contributed by atoms with E-state index < -0.39 is 10.0 Å². The summed E-state index contributed by atoms with van der Waals surface area (Å²) >= 11 is 13.7. The minimum absolute atomic E-state index is 0.0672. The van der Waals surface area contributed by atoms with Crippen molar-refractivity contribution in [1.82, 2.24) is 4.98 Å². The highest BCUT2D eigenvalue weighted by atomic mass is 127. The number of pyridine rings is 1. The van der Waals surface area contributed by atoms with E-state index in [1.54, 1.807) is 18.2 Å². The average Bonchev–Trinajstić information content (AvgIpc) is 2.33. The molecule has 0 atom stereocenters. The second-order valence-electron chi connectivity index (χ2n) is 3.54. The van der Waals surface area contributed by atoms with Gasteiger partial charge in [0.15, 0.2) is 0 Å². The number of halogens is 3. The van der Waals surface area contributed by atoms with Gasteiger partial charge in [-0.2, -0.15) is 0 Å². The Morgan fingerprint density at radius 3 is 2.58 bits per heavy atom. The molecule has 1 N–H and O–H groups in total. The molecule has 2 rings (SSSR count). The summed E-state index contributed by atoms with van der Waals surface area (Å²) in [5.74, 6) is 0. The van der Waals surface area contributed by atoms with Crippen LogP contribution in [0.4, 0.5) is 5.69 Å². The van der Waals surface area contributed by atoms with Crippen LogP contribution < -0.4 is 4.72 Å². The van der Waals surface area contributed by atoms with Gasteiger partial charge in [-0.3, -0.25) is 9.71 Å². The fourth-order valence-electron chi connectivity index (χ4n) is 1.33. The van der Waals surface area contributed by atoms with Crippen molar-refractivity contribution in [2.24, 2.45) is 0 Å². The number of nitrogens with zero attached hydrogens (tertiary/aromatic N) is 1. The first-order valence-corrected chi connectivity index (χ1v) is 8.29. The van der Waals surface area contributed by atoms with Crippen molar-refractivity contribution in [2.45, 2.75) is 4.90 Å². The van der Waals surface area contributed by atoms with Crippen molar-refractivity contribution in [2.75, 3.05) is 4.72 Å². The third-order valence-electron chi connectivity index (χ3n) is 2.20. The number of hydrogen-bond acceptors (Lipinski definition) is 3. The van der Waals surface area contributed by atoms with Gasteiger partial charge in [0.1, 0.15) is 4.90 Å². The number of rotatable bonds is 3. The molecular weight excluding hydrogens is 422 g/mol. The van der Waals surface area contributed by atoms with Crippen LogP contribution in [0.15, 0.2) is 41.6 Å². The normalized spacial score (nSPS) is 11.3. The first kappa shape index (κ1) is 14.8. The van der Waals surface area contributed by atoms with Gasteiger partial charge in [-0.05, 0) is 46.9 Å². The quantitative estimate of drug-likeness (QED) is 0.756. The molecule has 1 aromatic carbocycles. The number of nitrogens with one attached hydrogen (secondary N) is 1. The van der Waals surface area contributed by atoms with Gasteiger partial charge in [-0.1, -0.05) is 23.2 Å². The van der Waals surface area contributed by atoms with E-state index in [2.05, 4.69) is 9.71 Å². The van der Waals surface area contributed by atoms with Crippen molar-refractivity contribution in [1.29, 1.82) is 0 Å². The number of benzene rings is 1. The predicted octanol–water partition coefficient (Wildman–Crippen LogP) is 3.79. The predicted molar refractivity (Wildman–Crippen MR) is 84.2 cm³/mol. The highest BCUT2D eigenvalue weighted by molar-refractivity contribution is 14.1. The van der Waals surface area contributed by atoms with Crippen molar-refractivity contribution in [3.8, 4) is 0 Å². The topological polar surface area (TPSA) is 59.1 Å². The molecule has 0 amide bonds. The third-order valence-corrected chi connectivity index (χ3v) is 5.16. The van der Waals surface area contributed by atoms with Crippen LogP contribution in [0.2, 0.25) is 10.0 Å². The Morgan fingerprint density at radius 1 is 1.21 bits per heavy atom. The van der Waals surface area contributed by atoms with Crippen LogP contribution in [0, 0.1) is 3.57 Å². The minimum atomic E-state index is -3.77. The molecule has 0 bridgehead atoms. The minimum Gasteiger partial charge on any atom is -0.278 e. The SMILES string of the molecule is O=S(=O)(Nc1ccc(Cl)cc1I)c1cnccc1Cl. The van der Waals surface area contributed by atoms with E-state index in [-0.39, 0.29) is 9.92 Å². The van der Waals surface area contributed by atoms with Crippen LogP contribution in [-0.4, -0.2) is 13.4 Å². The molecule has 1 heterocycles. The molecule has 0 fully saturated rings. The summed E-state index contributed by atoms with van der Waals surface area (Å²) in [6.07, 6.45) is 2.63. The number of hydrogen-bond donors (Lipinski definition) is 1. The molecule has 100 valence electrons. The number of sulfonamides is 1. The highest BCUT2D eigenvalue weighted by Gasteiger charge is 2.19. The molecule has 8 heteroatoms. The van der Waals surface area contributed by atoms with Crippen LogP contribution in [0.1, 0.15) is 0 Å². The van der Waals surface area contributed by atoms with Gasteiger partial charge in [0.05, 0.1) is 10.7 Å². The Labute approximate surface area is 134 Å². The third kappa shape index (κ3) is 3.50. The van der Waals surface area contributed by atoms with Gasteiger partial charge in [0.25, 0.3) is 10.0 Å². The summed E-state index contributed by atoms with van der Waals surface area (Å²) in [6.45, 7) is 0. The molecular formula is C11H7Cl2IN2O2S. The maximum atomic E-state index is 12.2. The molecule has 0 saturated carbocycles. The zero-order valence-corrected chi connectivity index (χ0v) is 13.8. The Kier molecular flexibility index (Phi) is 4.54. The van der Waals surface area contributed by atoms with Crippen molar-refractivity contribution in [3.63, 3.8) is 0 Å². The summed E-state index contributed by atoms with van der Waals surface area (Å²) in [7, 11) is -3.77. The van der Waals surface area contributed by atoms with Crippen LogP contribution in [-0.2, 0) is 10.0 Å². The zero-order chi connectivity index (χ0) is 14.0. The summed E-state index contributed by atoms with van der Waals surface area (Å²) in [6, 6.07) is 6.27. The van der Waals surface area contributed by atoms with Crippen LogP contribution in [0.5, 0.6) is 0 Å². The van der Waals surface area contributed by atoms with E-state index >= 15 is 0 Å². The van der Waals surface area contributed by atoms with Crippen LogP contribution in [0.25, 0.3) is 0 Å². The van der Waals surface area contributed by atoms with Gasteiger partial charge in [-0.15, -0.1) is 0 Å². The zero-order valence-electron chi connectivity index (χ0n) is 9.27. The average molecular weight is 429 g/mol. The van der Waals surface area contributed by atoms with Gasteiger partial charge in [0.2, 0.25) is 0 Å². The Hall–Kier alpha value is -0.570. The van der Waals surface area contributed by atoms with Crippen molar-refractivity contribution < 1.29 is 8.42 Å². The van der Waals surface area contributed by atoms with E-state index in [0.29, 0.717) is 14.3 Å². The summed E-state index contributed by atoms with van der Waals surface area (Å²) in [4.78, 5) is 3.70. The van der Waals surface area contributed by atoms with E-state index in [1.165, 1.54) is 18.5 Å². The standard InChI is InChI=1S/C11H7Cl2IN2O2S/c12-7-1-2-10(9(14)5-7)16-19(17,18)11-6-15-4-3-8(11)13/h1-6,16H. The highest BCUT2D eigenvalue weighted by Crippen LogP contribution is 2.26. The molecule has 0 aliphatic heterocycles. The monoisotopic (exact) mass is 428 g/mol. The lowest BCUT2D eigenvalue weighted by atomic mass is 10.3. The van der Waals surface area contributed by atoms with Gasteiger partial charge >= 0.3 is 0 Å². The first-order chi connectivity index (χ1) is 8.90. The smallest absolute Gasteiger partial charge is 0.264 e. The van der Waals surface area contributed by atoms with E-state index in [1.807, 2.05) is 22.6 Å². The number of aromatic nitrogens is 1. The maximum Gasteiger partial charge on any atom is 0.264 e. The Bertz CT molecular complexity index is 722. The van der Waals surface area contributed by atoms with Crippen molar-refractivity contribution in [3.05, 3.63) is 50.3 Å². The Morgan fingerprint density at radius 2 is 1.95 bits per heavy atom. The molecule has 0 saturated heterocycles. The van der Waals surface area contributed by atoms with Gasteiger partial charge < -0.3 is 0 Å². The molecule has 2 aromatic rings. The lowest BCUT2D eigenvalue weighted by Crippen LogP contribution is -2.14. The number of anilines is 1. The molecule has 19 heavy (non-hydrogen) atoms. The first-order valence-electron chi connectivity index (χ1n) is 4.97. The maximum absolute atomic E-state index is 12.2. The molecule has 4 nitrogen and oxygen atoms in total. The molecule has 0 radical (unpaired) electrons. The largest absolute Gasteiger partial charge is 0.278 e. The fraction of sp³-hybridized carbons (Fsp3) is 0. The van der Waals surface area contributed by atoms with Gasteiger partial charge in [0, 0.05) is 21.0 Å². The second-order valence-corrected chi connectivity index (χ2v) is 7.19. The Balaban J connectivity index is 2.40. The van der Waals surface area contributed by atoms with Gasteiger partial charge in [-0.25, -0.2) is 8.42 Å². The molecule has 1 aromatic heterocycles. The molecule has 0 aliphatic carbocycles. The van der Waals surface area contributed by atoms with Crippen LogP contribution in [0.3, 0.4) is 0 Å². The fourth-order valence-corrected chi connectivity index (χ4v) is 4.03. The molecule has 0 unspecified atom stereocenters. The molecule has 0 spiro atoms.